The molecule has 0 bridgehead atoms. The molecule has 100 valence electrons. The molecule has 0 atom stereocenters. The van der Waals surface area contributed by atoms with Crippen LogP contribution in [0.1, 0.15) is 0 Å². The number of para-hydroxylation sites is 1. The highest BCUT2D eigenvalue weighted by Crippen LogP contribution is 2.34. The highest BCUT2D eigenvalue weighted by atomic mass is 19.1. The van der Waals surface area contributed by atoms with Gasteiger partial charge < -0.3 is 10.6 Å². The van der Waals surface area contributed by atoms with Gasteiger partial charge in [-0.3, -0.25) is 4.98 Å². The first-order chi connectivity index (χ1) is 9.68. The molecule has 3 rings (SSSR count). The Hall–Kier alpha value is -2.62. The second-order valence-electron chi connectivity index (χ2n) is 4.61. The smallest absolute Gasteiger partial charge is 0.146 e. The van der Waals surface area contributed by atoms with Crippen LogP contribution < -0.4 is 10.6 Å². The van der Waals surface area contributed by atoms with E-state index in [9.17, 15) is 4.39 Å². The second-order valence-corrected chi connectivity index (χ2v) is 4.61. The van der Waals surface area contributed by atoms with Crippen LogP contribution in [0.3, 0.4) is 0 Å². The lowest BCUT2D eigenvalue weighted by molar-refractivity contribution is 0.627. The zero-order valence-corrected chi connectivity index (χ0v) is 11.0. The molecule has 2 N–H and O–H groups in total. The minimum atomic E-state index is -0.274. The number of pyridine rings is 1. The quantitative estimate of drug-likeness (QED) is 0.719. The Bertz CT molecular complexity index is 771. The average molecular weight is 267 g/mol. The Morgan fingerprint density at radius 2 is 1.85 bits per heavy atom. The van der Waals surface area contributed by atoms with Gasteiger partial charge in [-0.05, 0) is 24.3 Å². The van der Waals surface area contributed by atoms with Gasteiger partial charge in [-0.2, -0.15) is 0 Å². The molecule has 3 aromatic rings. The third-order valence-corrected chi connectivity index (χ3v) is 3.41. The minimum Gasteiger partial charge on any atom is -0.397 e. The molecule has 0 aliphatic rings. The Kier molecular flexibility index (Phi) is 2.99. The fourth-order valence-electron chi connectivity index (χ4n) is 2.33. The van der Waals surface area contributed by atoms with Crippen molar-refractivity contribution in [1.82, 2.24) is 4.98 Å². The molecule has 3 nitrogen and oxygen atoms in total. The second kappa shape index (κ2) is 4.81. The topological polar surface area (TPSA) is 42.2 Å². The molecule has 1 heterocycles. The number of anilines is 3. The molecule has 2 aromatic carbocycles. The molecule has 0 aliphatic carbocycles. The zero-order chi connectivity index (χ0) is 14.1. The molecule has 20 heavy (non-hydrogen) atoms. The van der Waals surface area contributed by atoms with Crippen LogP contribution in [0.2, 0.25) is 0 Å². The Labute approximate surface area is 116 Å². The fourth-order valence-corrected chi connectivity index (χ4v) is 2.33. The van der Waals surface area contributed by atoms with Crippen molar-refractivity contribution in [2.75, 3.05) is 17.7 Å². The Balaban J connectivity index is 2.15. The van der Waals surface area contributed by atoms with Gasteiger partial charge in [0.25, 0.3) is 0 Å². The van der Waals surface area contributed by atoms with E-state index in [2.05, 4.69) is 4.98 Å². The SMILES string of the molecule is CN(c1ccccc1F)c1ccc2cnccc2c1N. The largest absolute Gasteiger partial charge is 0.397 e. The minimum absolute atomic E-state index is 0.274. The lowest BCUT2D eigenvalue weighted by Crippen LogP contribution is -2.13. The predicted molar refractivity (Wildman–Crippen MR) is 80.6 cm³/mol. The van der Waals surface area contributed by atoms with Gasteiger partial charge in [0.2, 0.25) is 0 Å². The number of hydrogen-bond acceptors (Lipinski definition) is 3. The van der Waals surface area contributed by atoms with Gasteiger partial charge in [-0.25, -0.2) is 4.39 Å². The average Bonchev–Trinajstić information content (AvgIpc) is 2.48. The number of nitrogens with zero attached hydrogens (tertiary/aromatic N) is 2. The molecule has 0 saturated carbocycles. The molecule has 0 aliphatic heterocycles. The lowest BCUT2D eigenvalue weighted by Gasteiger charge is -2.22. The van der Waals surface area contributed by atoms with E-state index < -0.39 is 0 Å². The number of rotatable bonds is 2. The predicted octanol–water partition coefficient (Wildman–Crippen LogP) is 3.72. The van der Waals surface area contributed by atoms with E-state index in [-0.39, 0.29) is 5.82 Å². The Morgan fingerprint density at radius 3 is 2.65 bits per heavy atom. The summed E-state index contributed by atoms with van der Waals surface area (Å²) in [5.41, 5.74) is 8.10. The van der Waals surface area contributed by atoms with Gasteiger partial charge >= 0.3 is 0 Å². The Morgan fingerprint density at radius 1 is 1.05 bits per heavy atom. The van der Waals surface area contributed by atoms with Crippen molar-refractivity contribution < 1.29 is 4.39 Å². The maximum absolute atomic E-state index is 13.9. The fraction of sp³-hybridized carbons (Fsp3) is 0.0625. The third-order valence-electron chi connectivity index (χ3n) is 3.41. The summed E-state index contributed by atoms with van der Waals surface area (Å²) in [5, 5.41) is 1.89. The van der Waals surface area contributed by atoms with Crippen LogP contribution >= 0.6 is 0 Å². The number of halogens is 1. The summed E-state index contributed by atoms with van der Waals surface area (Å²) >= 11 is 0. The van der Waals surface area contributed by atoms with Crippen molar-refractivity contribution in [2.24, 2.45) is 0 Å². The van der Waals surface area contributed by atoms with Crippen LogP contribution in [0.4, 0.5) is 21.5 Å². The van der Waals surface area contributed by atoms with Crippen molar-refractivity contribution in [2.45, 2.75) is 0 Å². The molecule has 0 radical (unpaired) electrons. The zero-order valence-electron chi connectivity index (χ0n) is 11.0. The van der Waals surface area contributed by atoms with Crippen LogP contribution in [0.25, 0.3) is 10.8 Å². The number of nitrogens with two attached hydrogens (primary N) is 1. The highest BCUT2D eigenvalue weighted by Gasteiger charge is 2.13. The molecule has 0 unspecified atom stereocenters. The molecule has 1 aromatic heterocycles. The standard InChI is InChI=1S/C16H14FN3/c1-20(14-5-3-2-4-13(14)17)15-7-6-11-10-19-9-8-12(11)16(15)18/h2-10H,18H2,1H3. The van der Waals surface area contributed by atoms with Crippen molar-refractivity contribution in [3.05, 3.63) is 60.7 Å². The highest BCUT2D eigenvalue weighted by molar-refractivity contribution is 5.99. The van der Waals surface area contributed by atoms with Gasteiger partial charge in [0.1, 0.15) is 5.82 Å². The maximum atomic E-state index is 13.9. The number of fused-ring (bicyclic) bond motifs is 1. The molecular weight excluding hydrogens is 253 g/mol. The summed E-state index contributed by atoms with van der Waals surface area (Å²) in [4.78, 5) is 5.83. The van der Waals surface area contributed by atoms with E-state index in [0.717, 1.165) is 16.5 Å². The molecule has 4 heteroatoms. The monoisotopic (exact) mass is 267 g/mol. The first-order valence-corrected chi connectivity index (χ1v) is 6.29. The van der Waals surface area contributed by atoms with E-state index in [1.54, 1.807) is 42.5 Å². The number of aromatic nitrogens is 1. The van der Waals surface area contributed by atoms with Crippen LogP contribution in [0.15, 0.2) is 54.9 Å². The van der Waals surface area contributed by atoms with Crippen LogP contribution in [0, 0.1) is 5.82 Å². The van der Waals surface area contributed by atoms with Crippen molar-refractivity contribution in [3.8, 4) is 0 Å². The van der Waals surface area contributed by atoms with Gasteiger partial charge in [-0.15, -0.1) is 0 Å². The van der Waals surface area contributed by atoms with E-state index in [4.69, 9.17) is 5.73 Å². The normalized spacial score (nSPS) is 10.7. The number of benzene rings is 2. The van der Waals surface area contributed by atoms with Gasteiger partial charge in [0.05, 0.1) is 17.1 Å². The molecule has 0 amide bonds. The summed E-state index contributed by atoms with van der Waals surface area (Å²) in [7, 11) is 1.80. The van der Waals surface area contributed by atoms with E-state index in [0.29, 0.717) is 11.4 Å². The summed E-state index contributed by atoms with van der Waals surface area (Å²) in [6.07, 6.45) is 3.46. The molecule has 0 fully saturated rings. The summed E-state index contributed by atoms with van der Waals surface area (Å²) in [5.74, 6) is -0.274. The van der Waals surface area contributed by atoms with Crippen molar-refractivity contribution in [1.29, 1.82) is 0 Å². The van der Waals surface area contributed by atoms with Gasteiger partial charge in [0.15, 0.2) is 0 Å². The van der Waals surface area contributed by atoms with E-state index in [1.165, 1.54) is 6.07 Å². The molecule has 0 spiro atoms. The maximum Gasteiger partial charge on any atom is 0.146 e. The van der Waals surface area contributed by atoms with Crippen molar-refractivity contribution in [3.63, 3.8) is 0 Å². The molecular formula is C16H14FN3. The summed E-state index contributed by atoms with van der Waals surface area (Å²) < 4.78 is 13.9. The van der Waals surface area contributed by atoms with Crippen LogP contribution in [-0.4, -0.2) is 12.0 Å². The van der Waals surface area contributed by atoms with Gasteiger partial charge in [0, 0.05) is 30.2 Å². The number of hydrogen-bond donors (Lipinski definition) is 1. The van der Waals surface area contributed by atoms with Crippen LogP contribution in [-0.2, 0) is 0 Å². The first kappa shape index (κ1) is 12.4. The summed E-state index contributed by atoms with van der Waals surface area (Å²) in [6, 6.07) is 12.3. The van der Waals surface area contributed by atoms with E-state index in [1.807, 2.05) is 18.2 Å². The van der Waals surface area contributed by atoms with E-state index >= 15 is 0 Å². The summed E-state index contributed by atoms with van der Waals surface area (Å²) in [6.45, 7) is 0. The first-order valence-electron chi connectivity index (χ1n) is 6.29. The third kappa shape index (κ3) is 1.95. The lowest BCUT2D eigenvalue weighted by atomic mass is 10.1. The molecule has 0 saturated heterocycles. The number of nitrogen functional groups attached to an aromatic ring is 1. The van der Waals surface area contributed by atoms with Crippen LogP contribution in [0.5, 0.6) is 0 Å². The van der Waals surface area contributed by atoms with Gasteiger partial charge in [-0.1, -0.05) is 18.2 Å². The van der Waals surface area contributed by atoms with Crippen molar-refractivity contribution >= 4 is 27.8 Å².